The second-order valence-electron chi connectivity index (χ2n) is 7.56. The molecule has 3 aromatic rings. The number of amides is 1. The fourth-order valence-electron chi connectivity index (χ4n) is 3.80. The molecule has 0 spiro atoms. The normalized spacial score (nSPS) is 10.7. The number of ether oxygens (including phenoxy) is 1. The van der Waals surface area contributed by atoms with Gasteiger partial charge in [-0.15, -0.1) is 0 Å². The molecule has 1 amide bonds. The summed E-state index contributed by atoms with van der Waals surface area (Å²) >= 11 is 0. The topological polar surface area (TPSA) is 68.6 Å². The van der Waals surface area contributed by atoms with Crippen LogP contribution in [0, 0.1) is 19.7 Å². The van der Waals surface area contributed by atoms with Gasteiger partial charge in [0.15, 0.2) is 5.78 Å². The summed E-state index contributed by atoms with van der Waals surface area (Å²) in [5.74, 6) is -1.52. The Kier molecular flexibility index (Phi) is 6.88. The van der Waals surface area contributed by atoms with E-state index >= 15 is 0 Å². The summed E-state index contributed by atoms with van der Waals surface area (Å²) in [6.07, 6.45) is 0. The molecule has 2 aromatic carbocycles. The van der Waals surface area contributed by atoms with E-state index in [-0.39, 0.29) is 30.6 Å². The summed E-state index contributed by atoms with van der Waals surface area (Å²) in [5.41, 5.74) is 2.95. The Labute approximate surface area is 186 Å². The number of methoxy groups -OCH3 is 1. The smallest absolute Gasteiger partial charge is 0.354 e. The molecule has 1 heterocycles. The van der Waals surface area contributed by atoms with Crippen molar-refractivity contribution in [1.29, 1.82) is 0 Å². The molecule has 1 aromatic heterocycles. The van der Waals surface area contributed by atoms with Crippen LogP contribution >= 0.6 is 0 Å². The van der Waals surface area contributed by atoms with Crippen molar-refractivity contribution < 1.29 is 23.5 Å². The number of carbonyl (C=O) groups is 3. The van der Waals surface area contributed by atoms with Crippen molar-refractivity contribution in [1.82, 2.24) is 9.47 Å². The molecule has 0 atom stereocenters. The first-order valence-electron chi connectivity index (χ1n) is 10.1. The monoisotopic (exact) mass is 436 g/mol. The summed E-state index contributed by atoms with van der Waals surface area (Å²) in [5, 5.41) is 0. The van der Waals surface area contributed by atoms with E-state index in [1.54, 1.807) is 67.9 Å². The number of benzene rings is 2. The third-order valence-corrected chi connectivity index (χ3v) is 5.52. The number of hydrogen-bond donors (Lipinski definition) is 0. The van der Waals surface area contributed by atoms with Crippen LogP contribution in [0.5, 0.6) is 0 Å². The van der Waals surface area contributed by atoms with Gasteiger partial charge in [-0.1, -0.05) is 30.3 Å². The van der Waals surface area contributed by atoms with Crippen LogP contribution in [0.25, 0.3) is 0 Å². The van der Waals surface area contributed by atoms with E-state index in [1.807, 2.05) is 0 Å². The number of halogens is 1. The zero-order valence-electron chi connectivity index (χ0n) is 18.5. The van der Waals surface area contributed by atoms with E-state index in [0.717, 1.165) is 0 Å². The maximum absolute atomic E-state index is 13.3. The van der Waals surface area contributed by atoms with Crippen LogP contribution in [0.4, 0.5) is 4.39 Å². The van der Waals surface area contributed by atoms with Crippen LogP contribution < -0.4 is 0 Å². The first-order valence-corrected chi connectivity index (χ1v) is 10.1. The molecule has 0 radical (unpaired) electrons. The van der Waals surface area contributed by atoms with Crippen molar-refractivity contribution in [3.05, 3.63) is 94.1 Å². The molecular weight excluding hydrogens is 411 g/mol. The van der Waals surface area contributed by atoms with Gasteiger partial charge < -0.3 is 14.2 Å². The van der Waals surface area contributed by atoms with Crippen LogP contribution in [0.2, 0.25) is 0 Å². The van der Waals surface area contributed by atoms with Gasteiger partial charge in [-0.05, 0) is 49.2 Å². The van der Waals surface area contributed by atoms with E-state index in [0.29, 0.717) is 33.6 Å². The Morgan fingerprint density at radius 3 is 2.22 bits per heavy atom. The third-order valence-electron chi connectivity index (χ3n) is 5.52. The van der Waals surface area contributed by atoms with Gasteiger partial charge >= 0.3 is 5.97 Å². The predicted molar refractivity (Wildman–Crippen MR) is 118 cm³/mol. The molecule has 0 saturated heterocycles. The van der Waals surface area contributed by atoms with Crippen LogP contribution in [0.15, 0.2) is 54.6 Å². The van der Waals surface area contributed by atoms with Crippen LogP contribution in [-0.4, -0.2) is 40.8 Å². The molecule has 3 rings (SSSR count). The number of nitrogens with zero attached hydrogens (tertiary/aromatic N) is 2. The fourth-order valence-corrected chi connectivity index (χ4v) is 3.80. The summed E-state index contributed by atoms with van der Waals surface area (Å²) in [4.78, 5) is 40.1. The molecule has 0 unspecified atom stereocenters. The van der Waals surface area contributed by atoms with Gasteiger partial charge in [0.05, 0.1) is 13.7 Å². The third kappa shape index (κ3) is 4.61. The van der Waals surface area contributed by atoms with Gasteiger partial charge in [-0.2, -0.15) is 0 Å². The average molecular weight is 436 g/mol. The van der Waals surface area contributed by atoms with Crippen molar-refractivity contribution in [2.45, 2.75) is 20.4 Å². The molecule has 0 bridgehead atoms. The molecule has 166 valence electrons. The van der Waals surface area contributed by atoms with E-state index in [2.05, 4.69) is 0 Å². The van der Waals surface area contributed by atoms with Gasteiger partial charge in [0.1, 0.15) is 11.5 Å². The summed E-state index contributed by atoms with van der Waals surface area (Å²) in [6, 6.07) is 14.5. The van der Waals surface area contributed by atoms with Gasteiger partial charge in [-0.3, -0.25) is 9.59 Å². The van der Waals surface area contributed by atoms with Crippen LogP contribution in [0.3, 0.4) is 0 Å². The Morgan fingerprint density at radius 2 is 1.62 bits per heavy atom. The number of carbonyl (C=O) groups excluding carboxylic acids is 3. The van der Waals surface area contributed by atoms with E-state index in [4.69, 9.17) is 4.74 Å². The van der Waals surface area contributed by atoms with Crippen molar-refractivity contribution in [3.8, 4) is 0 Å². The highest BCUT2D eigenvalue weighted by molar-refractivity contribution is 6.06. The highest BCUT2D eigenvalue weighted by Crippen LogP contribution is 2.23. The lowest BCUT2D eigenvalue weighted by atomic mass is 10.0. The zero-order chi connectivity index (χ0) is 23.4. The molecular formula is C25H25FN2O4. The lowest BCUT2D eigenvalue weighted by Crippen LogP contribution is -2.35. The number of esters is 1. The Balaban J connectivity index is 1.96. The molecule has 0 N–H and O–H groups in total. The van der Waals surface area contributed by atoms with E-state index < -0.39 is 5.97 Å². The molecule has 6 nitrogen and oxygen atoms in total. The average Bonchev–Trinajstić information content (AvgIpc) is 3.02. The lowest BCUT2D eigenvalue weighted by molar-refractivity contribution is 0.0588. The van der Waals surface area contributed by atoms with Crippen molar-refractivity contribution >= 4 is 17.7 Å². The van der Waals surface area contributed by atoms with Crippen molar-refractivity contribution in [2.24, 2.45) is 7.05 Å². The van der Waals surface area contributed by atoms with E-state index in [9.17, 15) is 18.8 Å². The molecule has 0 aliphatic heterocycles. The number of ketones is 1. The standard InChI is InChI=1S/C25H25FN2O4/c1-16-22(17(2)27(3)23(16)25(31)32-4)21(29)15-28(14-18-10-12-20(26)13-11-18)24(30)19-8-6-5-7-9-19/h5-13H,14-15H2,1-4H3. The largest absolute Gasteiger partial charge is 0.464 e. The number of Topliss-reactive ketones (excluding diaryl/α,β-unsaturated/α-hetero) is 1. The van der Waals surface area contributed by atoms with Crippen LogP contribution in [0.1, 0.15) is 48.0 Å². The van der Waals surface area contributed by atoms with Gasteiger partial charge in [-0.25, -0.2) is 9.18 Å². The fraction of sp³-hybridized carbons (Fsp3) is 0.240. The maximum atomic E-state index is 13.3. The lowest BCUT2D eigenvalue weighted by Gasteiger charge is -2.22. The predicted octanol–water partition coefficient (Wildman–Crippen LogP) is 4.09. The number of hydrogen-bond acceptors (Lipinski definition) is 4. The van der Waals surface area contributed by atoms with Gasteiger partial charge in [0.25, 0.3) is 5.91 Å². The SMILES string of the molecule is COC(=O)c1c(C)c(C(=O)CN(Cc2ccc(F)cc2)C(=O)c2ccccc2)c(C)n1C. The second kappa shape index (κ2) is 9.60. The van der Waals surface area contributed by atoms with Gasteiger partial charge in [0, 0.05) is 30.4 Å². The minimum absolute atomic E-state index is 0.133. The summed E-state index contributed by atoms with van der Waals surface area (Å²) < 4.78 is 19.8. The first-order chi connectivity index (χ1) is 15.2. The molecule has 0 aliphatic carbocycles. The maximum Gasteiger partial charge on any atom is 0.354 e. The van der Waals surface area contributed by atoms with Crippen LogP contribution in [-0.2, 0) is 18.3 Å². The van der Waals surface area contributed by atoms with Crippen molar-refractivity contribution in [3.63, 3.8) is 0 Å². The van der Waals surface area contributed by atoms with Crippen molar-refractivity contribution in [2.75, 3.05) is 13.7 Å². The highest BCUT2D eigenvalue weighted by Gasteiger charge is 2.28. The Bertz CT molecular complexity index is 1150. The molecule has 7 heteroatoms. The van der Waals surface area contributed by atoms with Gasteiger partial charge in [0.2, 0.25) is 0 Å². The first kappa shape index (κ1) is 22.9. The Hall–Kier alpha value is -3.74. The Morgan fingerprint density at radius 1 is 1.00 bits per heavy atom. The minimum Gasteiger partial charge on any atom is -0.464 e. The second-order valence-corrected chi connectivity index (χ2v) is 7.56. The minimum atomic E-state index is -0.532. The highest BCUT2D eigenvalue weighted by atomic mass is 19.1. The van der Waals surface area contributed by atoms with E-state index in [1.165, 1.54) is 24.1 Å². The molecule has 32 heavy (non-hydrogen) atoms. The quantitative estimate of drug-likeness (QED) is 0.413. The number of aromatic nitrogens is 1. The number of rotatable bonds is 7. The molecule has 0 aliphatic rings. The summed E-state index contributed by atoms with van der Waals surface area (Å²) in [7, 11) is 2.98. The molecule has 0 fully saturated rings. The molecule has 0 saturated carbocycles. The zero-order valence-corrected chi connectivity index (χ0v) is 18.5. The summed E-state index contributed by atoms with van der Waals surface area (Å²) in [6.45, 7) is 3.37.